The second kappa shape index (κ2) is 2.70. The van der Waals surface area contributed by atoms with Gasteiger partial charge in [0.2, 0.25) is 0 Å². The van der Waals surface area contributed by atoms with Crippen molar-refractivity contribution in [2.45, 2.75) is 47.0 Å². The van der Waals surface area contributed by atoms with Gasteiger partial charge in [-0.1, -0.05) is 34.1 Å². The number of hydrogen-bond donors (Lipinski definition) is 0. The van der Waals surface area contributed by atoms with Gasteiger partial charge in [-0.05, 0) is 65.6 Å². The Morgan fingerprint density at radius 2 is 1.50 bits per heavy atom. The van der Waals surface area contributed by atoms with Crippen molar-refractivity contribution in [3.05, 3.63) is 0 Å². The second-order valence-electron chi connectivity index (χ2n) is 7.57. The molecule has 4 aliphatic rings. The standard InChI is InChI=1S/C16H26/c1-5-11-7-13(11)15-10(4)16(15)9(3)14(16)12-6-8(12)2/h8-15H,5-7H2,1-4H3. The van der Waals surface area contributed by atoms with E-state index in [2.05, 4.69) is 27.7 Å². The minimum atomic E-state index is 0.879. The maximum absolute atomic E-state index is 2.57. The largest absolute Gasteiger partial charge is 0.0651 e. The van der Waals surface area contributed by atoms with Gasteiger partial charge < -0.3 is 0 Å². The minimum absolute atomic E-state index is 0.879. The highest BCUT2D eigenvalue weighted by molar-refractivity contribution is 5.32. The molecule has 4 fully saturated rings. The van der Waals surface area contributed by atoms with E-state index >= 15 is 0 Å². The van der Waals surface area contributed by atoms with E-state index in [1.54, 1.807) is 12.8 Å². The van der Waals surface area contributed by atoms with E-state index in [9.17, 15) is 0 Å². The Labute approximate surface area is 100 Å². The molecule has 0 aromatic rings. The van der Waals surface area contributed by atoms with Crippen LogP contribution in [0.3, 0.4) is 0 Å². The van der Waals surface area contributed by atoms with Crippen LogP contribution in [0.1, 0.15) is 47.0 Å². The van der Waals surface area contributed by atoms with Crippen molar-refractivity contribution < 1.29 is 0 Å². The Morgan fingerprint density at radius 3 is 1.94 bits per heavy atom. The first-order chi connectivity index (χ1) is 7.64. The van der Waals surface area contributed by atoms with Crippen molar-refractivity contribution in [2.24, 2.45) is 52.8 Å². The average molecular weight is 218 g/mol. The fourth-order valence-corrected chi connectivity index (χ4v) is 6.05. The summed E-state index contributed by atoms with van der Waals surface area (Å²) in [5, 5.41) is 0. The average Bonchev–Trinajstić information content (AvgIpc) is 3.04. The Kier molecular flexibility index (Phi) is 1.68. The number of rotatable bonds is 3. The van der Waals surface area contributed by atoms with Crippen LogP contribution in [0.15, 0.2) is 0 Å². The van der Waals surface area contributed by atoms with Gasteiger partial charge in [-0.2, -0.15) is 0 Å². The molecule has 0 aromatic heterocycles. The molecule has 4 saturated carbocycles. The first-order valence-corrected chi connectivity index (χ1v) is 7.64. The molecule has 0 aromatic carbocycles. The van der Waals surface area contributed by atoms with E-state index in [0.717, 1.165) is 52.8 Å². The van der Waals surface area contributed by atoms with Gasteiger partial charge in [-0.3, -0.25) is 0 Å². The summed E-state index contributed by atoms with van der Waals surface area (Å²) in [6.07, 6.45) is 4.58. The molecule has 0 bridgehead atoms. The Hall–Kier alpha value is 0. The van der Waals surface area contributed by atoms with E-state index in [-0.39, 0.29) is 0 Å². The van der Waals surface area contributed by atoms with Gasteiger partial charge in [-0.15, -0.1) is 0 Å². The van der Waals surface area contributed by atoms with Crippen LogP contribution in [0.5, 0.6) is 0 Å². The first-order valence-electron chi connectivity index (χ1n) is 7.64. The molecule has 16 heavy (non-hydrogen) atoms. The van der Waals surface area contributed by atoms with Gasteiger partial charge in [0.05, 0.1) is 0 Å². The van der Waals surface area contributed by atoms with Crippen molar-refractivity contribution in [1.29, 1.82) is 0 Å². The van der Waals surface area contributed by atoms with E-state index < -0.39 is 0 Å². The molecule has 0 saturated heterocycles. The summed E-state index contributed by atoms with van der Waals surface area (Å²) >= 11 is 0. The zero-order chi connectivity index (χ0) is 11.2. The molecule has 90 valence electrons. The quantitative estimate of drug-likeness (QED) is 0.666. The highest BCUT2D eigenvalue weighted by Gasteiger charge is 2.85. The maximum atomic E-state index is 2.57. The lowest BCUT2D eigenvalue weighted by Gasteiger charge is -1.96. The summed E-state index contributed by atoms with van der Waals surface area (Å²) < 4.78 is 0. The van der Waals surface area contributed by atoms with Gasteiger partial charge >= 0.3 is 0 Å². The molecule has 0 nitrogen and oxygen atoms in total. The van der Waals surface area contributed by atoms with Gasteiger partial charge in [0.1, 0.15) is 0 Å². The molecule has 4 aliphatic carbocycles. The van der Waals surface area contributed by atoms with E-state index in [0.29, 0.717) is 0 Å². The third-order valence-electron chi connectivity index (χ3n) is 7.19. The Bertz CT molecular complexity index is 333. The van der Waals surface area contributed by atoms with Crippen molar-refractivity contribution in [3.63, 3.8) is 0 Å². The molecule has 1 spiro atoms. The van der Waals surface area contributed by atoms with Crippen LogP contribution in [0.2, 0.25) is 0 Å². The highest BCUT2D eigenvalue weighted by Crippen LogP contribution is 2.89. The normalized spacial score (nSPS) is 70.5. The molecule has 0 radical (unpaired) electrons. The first kappa shape index (κ1) is 9.97. The monoisotopic (exact) mass is 218 g/mol. The topological polar surface area (TPSA) is 0 Å². The lowest BCUT2D eigenvalue weighted by molar-refractivity contribution is 0.506. The smallest absolute Gasteiger partial charge is 0.0173 e. The van der Waals surface area contributed by atoms with Crippen LogP contribution < -0.4 is 0 Å². The van der Waals surface area contributed by atoms with Crippen LogP contribution in [0.4, 0.5) is 0 Å². The SMILES string of the molecule is CCC1CC1C1C(C)C12C(C)C2C1CC1C. The summed E-state index contributed by atoms with van der Waals surface area (Å²) in [7, 11) is 0. The third kappa shape index (κ3) is 0.946. The highest BCUT2D eigenvalue weighted by atomic mass is 14.9. The van der Waals surface area contributed by atoms with Crippen molar-refractivity contribution >= 4 is 0 Å². The molecule has 0 amide bonds. The van der Waals surface area contributed by atoms with E-state index in [4.69, 9.17) is 0 Å². The number of hydrogen-bond acceptors (Lipinski definition) is 0. The molecule has 0 N–H and O–H groups in total. The van der Waals surface area contributed by atoms with Crippen LogP contribution in [-0.4, -0.2) is 0 Å². The molecule has 0 heteroatoms. The van der Waals surface area contributed by atoms with E-state index in [1.165, 1.54) is 6.42 Å². The summed E-state index contributed by atoms with van der Waals surface area (Å²) in [5.41, 5.74) is 0.879. The zero-order valence-electron chi connectivity index (χ0n) is 11.2. The zero-order valence-corrected chi connectivity index (χ0v) is 11.2. The summed E-state index contributed by atoms with van der Waals surface area (Å²) in [6, 6.07) is 0. The van der Waals surface area contributed by atoms with Crippen LogP contribution in [-0.2, 0) is 0 Å². The fraction of sp³-hybridized carbons (Fsp3) is 1.00. The maximum Gasteiger partial charge on any atom is -0.0173 e. The van der Waals surface area contributed by atoms with Gasteiger partial charge in [0.25, 0.3) is 0 Å². The van der Waals surface area contributed by atoms with Crippen molar-refractivity contribution in [1.82, 2.24) is 0 Å². The van der Waals surface area contributed by atoms with Gasteiger partial charge in [0, 0.05) is 0 Å². The molecule has 0 aliphatic heterocycles. The van der Waals surface area contributed by atoms with Crippen molar-refractivity contribution in [2.75, 3.05) is 0 Å². The molecular weight excluding hydrogens is 192 g/mol. The van der Waals surface area contributed by atoms with Crippen LogP contribution in [0, 0.1) is 52.8 Å². The third-order valence-corrected chi connectivity index (χ3v) is 7.19. The summed E-state index contributed by atoms with van der Waals surface area (Å²) in [4.78, 5) is 0. The molecule has 4 rings (SSSR count). The fourth-order valence-electron chi connectivity index (χ4n) is 6.05. The van der Waals surface area contributed by atoms with E-state index in [1.807, 2.05) is 0 Å². The Balaban J connectivity index is 1.49. The lowest BCUT2D eigenvalue weighted by atomic mass is 10.1. The van der Waals surface area contributed by atoms with Crippen LogP contribution >= 0.6 is 0 Å². The van der Waals surface area contributed by atoms with Crippen molar-refractivity contribution in [3.8, 4) is 0 Å². The molecular formula is C16H26. The van der Waals surface area contributed by atoms with Crippen LogP contribution in [0.25, 0.3) is 0 Å². The predicted molar refractivity (Wildman–Crippen MR) is 66.9 cm³/mol. The Morgan fingerprint density at radius 1 is 0.938 bits per heavy atom. The van der Waals surface area contributed by atoms with Gasteiger partial charge in [0.15, 0.2) is 0 Å². The molecule has 9 atom stereocenters. The van der Waals surface area contributed by atoms with Gasteiger partial charge in [-0.25, -0.2) is 0 Å². The predicted octanol–water partition coefficient (Wildman–Crippen LogP) is 4.21. The molecule has 0 heterocycles. The summed E-state index contributed by atoms with van der Waals surface area (Å²) in [5.74, 6) is 8.97. The lowest BCUT2D eigenvalue weighted by Crippen LogP contribution is -1.92. The molecule has 9 unspecified atom stereocenters. The minimum Gasteiger partial charge on any atom is -0.0651 e. The summed E-state index contributed by atoms with van der Waals surface area (Å²) in [6.45, 7) is 9.99. The second-order valence-corrected chi connectivity index (χ2v) is 7.57.